The molecule has 1 saturated heterocycles. The Morgan fingerprint density at radius 1 is 1.11 bits per heavy atom. The van der Waals surface area contributed by atoms with Gasteiger partial charge in [0.25, 0.3) is 0 Å². The summed E-state index contributed by atoms with van der Waals surface area (Å²) >= 11 is 0. The lowest BCUT2D eigenvalue weighted by molar-refractivity contribution is 0.0595. The van der Waals surface area contributed by atoms with Crippen LogP contribution < -0.4 is 10.1 Å². The molecule has 0 radical (unpaired) electrons. The summed E-state index contributed by atoms with van der Waals surface area (Å²) in [7, 11) is 3.45. The number of rotatable bonds is 9. The predicted octanol–water partition coefficient (Wildman–Crippen LogP) is 2.79. The molecule has 1 aliphatic rings. The molecule has 0 aliphatic carbocycles. The maximum absolute atomic E-state index is 12.4. The lowest BCUT2D eigenvalue weighted by atomic mass is 10.1. The van der Waals surface area contributed by atoms with Crippen molar-refractivity contribution in [1.29, 1.82) is 0 Å². The molecule has 184 valence electrons. The third-order valence-corrected chi connectivity index (χ3v) is 5.95. The second-order valence-corrected chi connectivity index (χ2v) is 8.45. The smallest absolute Gasteiger partial charge is 0.360 e. The van der Waals surface area contributed by atoms with E-state index < -0.39 is 5.97 Å². The first-order chi connectivity index (χ1) is 17.1. The summed E-state index contributed by atoms with van der Waals surface area (Å²) in [5.41, 5.74) is 2.82. The molecule has 0 unspecified atom stereocenters. The van der Waals surface area contributed by atoms with Crippen LogP contribution in [0, 0.1) is 0 Å². The minimum Gasteiger partial charge on any atom is -0.492 e. The van der Waals surface area contributed by atoms with Gasteiger partial charge in [-0.25, -0.2) is 14.8 Å². The maximum Gasteiger partial charge on any atom is 0.360 e. The second kappa shape index (κ2) is 11.7. The summed E-state index contributed by atoms with van der Waals surface area (Å²) in [5.74, 6) is 0.481. The minimum absolute atomic E-state index is 0.0758. The first kappa shape index (κ1) is 24.6. The van der Waals surface area contributed by atoms with Crippen molar-refractivity contribution in [2.75, 3.05) is 58.8 Å². The van der Waals surface area contributed by atoms with Gasteiger partial charge in [0.1, 0.15) is 12.4 Å². The summed E-state index contributed by atoms with van der Waals surface area (Å²) in [6, 6.07) is 14.8. The zero-order valence-corrected chi connectivity index (χ0v) is 20.1. The highest BCUT2D eigenvalue weighted by molar-refractivity contribution is 5.93. The van der Waals surface area contributed by atoms with Gasteiger partial charge in [-0.2, -0.15) is 0 Å². The Balaban J connectivity index is 1.41. The highest BCUT2D eigenvalue weighted by Crippen LogP contribution is 2.25. The van der Waals surface area contributed by atoms with Gasteiger partial charge >= 0.3 is 5.97 Å². The summed E-state index contributed by atoms with van der Waals surface area (Å²) in [4.78, 5) is 26.1. The van der Waals surface area contributed by atoms with E-state index in [0.717, 1.165) is 55.3 Å². The van der Waals surface area contributed by atoms with Crippen molar-refractivity contribution < 1.29 is 19.4 Å². The van der Waals surface area contributed by atoms with E-state index in [1.54, 1.807) is 12.3 Å². The Bertz CT molecular complexity index is 1130. The van der Waals surface area contributed by atoms with Gasteiger partial charge in [-0.1, -0.05) is 18.2 Å². The zero-order valence-electron chi connectivity index (χ0n) is 20.1. The van der Waals surface area contributed by atoms with Gasteiger partial charge in [0.15, 0.2) is 11.5 Å². The fraction of sp³-hybridized carbons (Fsp3) is 0.346. The van der Waals surface area contributed by atoms with E-state index in [4.69, 9.17) is 9.47 Å². The fourth-order valence-corrected chi connectivity index (χ4v) is 3.82. The number of piperazine rings is 1. The first-order valence-corrected chi connectivity index (χ1v) is 11.6. The number of hydrogen-bond donors (Lipinski definition) is 2. The molecule has 1 fully saturated rings. The topological polar surface area (TPSA) is 100 Å². The second-order valence-electron chi connectivity index (χ2n) is 8.45. The van der Waals surface area contributed by atoms with E-state index in [9.17, 15) is 9.90 Å². The van der Waals surface area contributed by atoms with Crippen LogP contribution in [0.1, 0.15) is 16.1 Å². The summed E-state index contributed by atoms with van der Waals surface area (Å²) in [6.45, 7) is 5.77. The molecule has 0 saturated carbocycles. The molecule has 1 aliphatic heterocycles. The lowest BCUT2D eigenvalue weighted by Crippen LogP contribution is -2.45. The molecule has 9 heteroatoms. The SMILES string of the molecule is COC(=O)c1nc(-c2cccc(CO)c2)cnc1Nc1ccc(OCCN2CCN(C)CC2)cc1. The third-order valence-electron chi connectivity index (χ3n) is 5.95. The molecule has 0 spiro atoms. The van der Waals surface area contributed by atoms with Crippen molar-refractivity contribution >= 4 is 17.5 Å². The number of aliphatic hydroxyl groups is 1. The Morgan fingerprint density at radius 2 is 1.89 bits per heavy atom. The Labute approximate surface area is 205 Å². The largest absolute Gasteiger partial charge is 0.492 e. The van der Waals surface area contributed by atoms with Crippen molar-refractivity contribution in [3.05, 3.63) is 66.0 Å². The molecule has 3 aromatic rings. The normalized spacial score (nSPS) is 14.5. The van der Waals surface area contributed by atoms with Crippen LogP contribution in [0.5, 0.6) is 5.75 Å². The van der Waals surface area contributed by atoms with Crippen molar-refractivity contribution in [2.24, 2.45) is 0 Å². The number of nitrogens with zero attached hydrogens (tertiary/aromatic N) is 4. The number of likely N-dealkylation sites (N-methyl/N-ethyl adjacent to an activating group) is 1. The Morgan fingerprint density at radius 3 is 2.60 bits per heavy atom. The zero-order chi connectivity index (χ0) is 24.6. The number of nitrogens with one attached hydrogen (secondary N) is 1. The number of anilines is 2. The number of benzene rings is 2. The summed E-state index contributed by atoms with van der Waals surface area (Å²) in [5, 5.41) is 12.5. The van der Waals surface area contributed by atoms with E-state index >= 15 is 0 Å². The Hall–Kier alpha value is -3.53. The van der Waals surface area contributed by atoms with Crippen molar-refractivity contribution in [1.82, 2.24) is 19.8 Å². The third kappa shape index (κ3) is 6.54. The molecule has 1 aromatic heterocycles. The van der Waals surface area contributed by atoms with Gasteiger partial charge in [0.05, 0.1) is 25.6 Å². The monoisotopic (exact) mass is 477 g/mol. The van der Waals surface area contributed by atoms with E-state index in [1.165, 1.54) is 7.11 Å². The van der Waals surface area contributed by atoms with Crippen LogP contribution in [-0.4, -0.2) is 84.3 Å². The Kier molecular flexibility index (Phi) is 8.25. The predicted molar refractivity (Wildman–Crippen MR) is 134 cm³/mol. The average molecular weight is 478 g/mol. The molecule has 4 rings (SSSR count). The average Bonchev–Trinajstić information content (AvgIpc) is 2.90. The minimum atomic E-state index is -0.593. The number of carbonyl (C=O) groups excluding carboxylic acids is 1. The van der Waals surface area contributed by atoms with Crippen LogP contribution in [-0.2, 0) is 11.3 Å². The van der Waals surface area contributed by atoms with Crippen LogP contribution in [0.15, 0.2) is 54.7 Å². The van der Waals surface area contributed by atoms with Gasteiger partial charge in [0.2, 0.25) is 0 Å². The van der Waals surface area contributed by atoms with E-state index in [2.05, 4.69) is 32.1 Å². The highest BCUT2D eigenvalue weighted by Gasteiger charge is 2.18. The van der Waals surface area contributed by atoms with E-state index in [0.29, 0.717) is 18.1 Å². The molecular formula is C26H31N5O4. The number of aromatic nitrogens is 2. The molecule has 2 heterocycles. The molecule has 0 atom stereocenters. The number of esters is 1. The van der Waals surface area contributed by atoms with Crippen LogP contribution in [0.3, 0.4) is 0 Å². The van der Waals surface area contributed by atoms with Crippen LogP contribution in [0.4, 0.5) is 11.5 Å². The quantitative estimate of drug-likeness (QED) is 0.451. The number of ether oxygens (including phenoxy) is 2. The van der Waals surface area contributed by atoms with Gasteiger partial charge < -0.3 is 24.8 Å². The number of aliphatic hydroxyl groups excluding tert-OH is 1. The van der Waals surface area contributed by atoms with Crippen molar-refractivity contribution in [3.63, 3.8) is 0 Å². The van der Waals surface area contributed by atoms with Crippen LogP contribution in [0.25, 0.3) is 11.3 Å². The van der Waals surface area contributed by atoms with E-state index in [1.807, 2.05) is 42.5 Å². The number of carbonyl (C=O) groups is 1. The number of hydrogen-bond acceptors (Lipinski definition) is 9. The van der Waals surface area contributed by atoms with Gasteiger partial charge in [-0.3, -0.25) is 4.90 Å². The molecular weight excluding hydrogens is 446 g/mol. The first-order valence-electron chi connectivity index (χ1n) is 11.6. The van der Waals surface area contributed by atoms with E-state index in [-0.39, 0.29) is 12.3 Å². The van der Waals surface area contributed by atoms with Crippen LogP contribution >= 0.6 is 0 Å². The molecule has 0 bridgehead atoms. The van der Waals surface area contributed by atoms with Gasteiger partial charge in [0, 0.05) is 44.0 Å². The van der Waals surface area contributed by atoms with Crippen molar-refractivity contribution in [2.45, 2.75) is 6.61 Å². The number of methoxy groups -OCH3 is 1. The summed E-state index contributed by atoms with van der Waals surface area (Å²) in [6.07, 6.45) is 1.58. The summed E-state index contributed by atoms with van der Waals surface area (Å²) < 4.78 is 10.8. The van der Waals surface area contributed by atoms with Crippen molar-refractivity contribution in [3.8, 4) is 17.0 Å². The highest BCUT2D eigenvalue weighted by atomic mass is 16.5. The molecule has 2 aromatic carbocycles. The standard InChI is InChI=1S/C26H31N5O4/c1-30-10-12-31(13-11-30)14-15-35-22-8-6-21(7-9-22)28-25-24(26(33)34-2)29-23(17-27-25)20-5-3-4-19(16-20)18-32/h3-9,16-17,32H,10-15,18H2,1-2H3,(H,27,28). The van der Waals surface area contributed by atoms with Crippen LogP contribution in [0.2, 0.25) is 0 Å². The van der Waals surface area contributed by atoms with Gasteiger partial charge in [-0.05, 0) is 42.9 Å². The fourth-order valence-electron chi connectivity index (χ4n) is 3.82. The maximum atomic E-state index is 12.4. The lowest BCUT2D eigenvalue weighted by Gasteiger charge is -2.32. The molecule has 0 amide bonds. The molecule has 2 N–H and O–H groups in total. The van der Waals surface area contributed by atoms with Gasteiger partial charge in [-0.15, -0.1) is 0 Å². The molecule has 35 heavy (non-hydrogen) atoms. The molecule has 9 nitrogen and oxygen atoms in total.